The summed E-state index contributed by atoms with van der Waals surface area (Å²) in [5.74, 6) is 1.68. The number of aliphatic hydroxyl groups excluding tert-OH is 1. The van der Waals surface area contributed by atoms with Gasteiger partial charge in [0.1, 0.15) is 11.5 Å². The van der Waals surface area contributed by atoms with E-state index in [2.05, 4.69) is 5.32 Å². The molecule has 1 aromatic rings. The molecule has 0 radical (unpaired) electrons. The van der Waals surface area contributed by atoms with Crippen molar-refractivity contribution in [2.75, 3.05) is 19.7 Å². The average Bonchev–Trinajstić information content (AvgIpc) is 2.64. The lowest BCUT2D eigenvalue weighted by Crippen LogP contribution is -2.41. The quantitative estimate of drug-likeness (QED) is 0.813. The average molecular weight is 254 g/mol. The highest BCUT2D eigenvalue weighted by atomic mass is 16.3. The Labute approximate surface area is 108 Å². The van der Waals surface area contributed by atoms with Gasteiger partial charge in [-0.05, 0) is 26.3 Å². The largest absolute Gasteiger partial charge is 0.466 e. The van der Waals surface area contributed by atoms with Crippen LogP contribution >= 0.6 is 0 Å². The third-order valence-electron chi connectivity index (χ3n) is 2.72. The smallest absolute Gasteiger partial charge is 0.317 e. The molecule has 18 heavy (non-hydrogen) atoms. The summed E-state index contributed by atoms with van der Waals surface area (Å²) in [5, 5.41) is 11.7. The molecule has 1 heterocycles. The summed E-state index contributed by atoms with van der Waals surface area (Å²) in [4.78, 5) is 13.5. The van der Waals surface area contributed by atoms with E-state index in [1.54, 1.807) is 4.90 Å². The first-order chi connectivity index (χ1) is 8.58. The standard InChI is InChI=1S/C13H22N2O3/c1-4-5-15(6-7-16)13(17)14-9-12-8-10(2)18-11(12)3/h8,16H,4-7,9H2,1-3H3,(H,14,17). The van der Waals surface area contributed by atoms with Gasteiger partial charge in [0, 0.05) is 25.2 Å². The van der Waals surface area contributed by atoms with Gasteiger partial charge in [0.05, 0.1) is 6.61 Å². The van der Waals surface area contributed by atoms with E-state index in [1.165, 1.54) is 0 Å². The summed E-state index contributed by atoms with van der Waals surface area (Å²) < 4.78 is 5.40. The maximum absolute atomic E-state index is 11.9. The summed E-state index contributed by atoms with van der Waals surface area (Å²) in [6, 6.07) is 1.77. The van der Waals surface area contributed by atoms with E-state index in [4.69, 9.17) is 9.52 Å². The molecule has 2 N–H and O–H groups in total. The predicted molar refractivity (Wildman–Crippen MR) is 69.4 cm³/mol. The number of hydrogen-bond donors (Lipinski definition) is 2. The number of nitrogens with zero attached hydrogens (tertiary/aromatic N) is 1. The first-order valence-corrected chi connectivity index (χ1v) is 6.28. The summed E-state index contributed by atoms with van der Waals surface area (Å²) >= 11 is 0. The third kappa shape index (κ3) is 4.07. The minimum atomic E-state index is -0.149. The molecule has 0 saturated carbocycles. The van der Waals surface area contributed by atoms with Gasteiger partial charge < -0.3 is 19.7 Å². The zero-order chi connectivity index (χ0) is 13.5. The number of hydrogen-bond acceptors (Lipinski definition) is 3. The highest BCUT2D eigenvalue weighted by molar-refractivity contribution is 5.74. The Balaban J connectivity index is 2.50. The first-order valence-electron chi connectivity index (χ1n) is 6.28. The van der Waals surface area contributed by atoms with E-state index in [9.17, 15) is 4.79 Å². The van der Waals surface area contributed by atoms with Gasteiger partial charge >= 0.3 is 6.03 Å². The van der Waals surface area contributed by atoms with Crippen molar-refractivity contribution >= 4 is 6.03 Å². The Kier molecular flexibility index (Phi) is 5.71. The van der Waals surface area contributed by atoms with E-state index in [1.807, 2.05) is 26.8 Å². The highest BCUT2D eigenvalue weighted by Crippen LogP contribution is 2.13. The van der Waals surface area contributed by atoms with E-state index >= 15 is 0 Å². The molecule has 0 aliphatic rings. The van der Waals surface area contributed by atoms with Crippen LogP contribution in [0.25, 0.3) is 0 Å². The number of amides is 2. The fourth-order valence-corrected chi connectivity index (χ4v) is 1.85. The highest BCUT2D eigenvalue weighted by Gasteiger charge is 2.12. The lowest BCUT2D eigenvalue weighted by atomic mass is 10.2. The van der Waals surface area contributed by atoms with Crippen molar-refractivity contribution < 1.29 is 14.3 Å². The minimum absolute atomic E-state index is 0.0166. The van der Waals surface area contributed by atoms with Gasteiger partial charge in [0.2, 0.25) is 0 Å². The van der Waals surface area contributed by atoms with Crippen molar-refractivity contribution in [1.29, 1.82) is 0 Å². The van der Waals surface area contributed by atoms with Crippen molar-refractivity contribution in [2.45, 2.75) is 33.7 Å². The molecule has 0 unspecified atom stereocenters. The van der Waals surface area contributed by atoms with Gasteiger partial charge in [-0.2, -0.15) is 0 Å². The number of aryl methyl sites for hydroxylation is 2. The van der Waals surface area contributed by atoms with E-state index < -0.39 is 0 Å². The number of nitrogens with one attached hydrogen (secondary N) is 1. The van der Waals surface area contributed by atoms with Crippen LogP contribution in [0.4, 0.5) is 4.79 Å². The molecule has 1 aromatic heterocycles. The number of carbonyl (C=O) groups excluding carboxylic acids is 1. The van der Waals surface area contributed by atoms with E-state index in [0.717, 1.165) is 23.5 Å². The fraction of sp³-hybridized carbons (Fsp3) is 0.615. The zero-order valence-corrected chi connectivity index (χ0v) is 11.3. The topological polar surface area (TPSA) is 65.7 Å². The number of carbonyl (C=O) groups is 1. The maximum atomic E-state index is 11.9. The van der Waals surface area contributed by atoms with Gasteiger partial charge in [-0.3, -0.25) is 0 Å². The van der Waals surface area contributed by atoms with Crippen LogP contribution in [0.3, 0.4) is 0 Å². The Morgan fingerprint density at radius 1 is 1.44 bits per heavy atom. The Hall–Kier alpha value is -1.49. The van der Waals surface area contributed by atoms with E-state index in [-0.39, 0.29) is 12.6 Å². The minimum Gasteiger partial charge on any atom is -0.466 e. The number of urea groups is 1. The molecule has 0 aliphatic carbocycles. The second-order valence-corrected chi connectivity index (χ2v) is 4.31. The molecular weight excluding hydrogens is 232 g/mol. The van der Waals surface area contributed by atoms with Gasteiger partial charge in [0.15, 0.2) is 0 Å². The Morgan fingerprint density at radius 3 is 2.67 bits per heavy atom. The molecule has 0 bridgehead atoms. The Morgan fingerprint density at radius 2 is 2.17 bits per heavy atom. The van der Waals surface area contributed by atoms with Crippen LogP contribution in [-0.4, -0.2) is 35.7 Å². The molecule has 0 saturated heterocycles. The van der Waals surface area contributed by atoms with Crippen LogP contribution in [0.1, 0.15) is 30.4 Å². The van der Waals surface area contributed by atoms with Gasteiger partial charge in [-0.15, -0.1) is 0 Å². The van der Waals surface area contributed by atoms with Crippen LogP contribution in [0.15, 0.2) is 10.5 Å². The van der Waals surface area contributed by atoms with Crippen molar-refractivity contribution in [3.63, 3.8) is 0 Å². The third-order valence-corrected chi connectivity index (χ3v) is 2.72. The SMILES string of the molecule is CCCN(CCO)C(=O)NCc1cc(C)oc1C. The molecule has 0 aliphatic heterocycles. The second-order valence-electron chi connectivity index (χ2n) is 4.31. The predicted octanol–water partition coefficient (Wildman–Crippen LogP) is 1.81. The summed E-state index contributed by atoms with van der Waals surface area (Å²) in [7, 11) is 0. The zero-order valence-electron chi connectivity index (χ0n) is 11.3. The van der Waals surface area contributed by atoms with Crippen LogP contribution in [-0.2, 0) is 6.54 Å². The van der Waals surface area contributed by atoms with Gasteiger partial charge in [-0.1, -0.05) is 6.92 Å². The Bertz CT molecular complexity index is 382. The van der Waals surface area contributed by atoms with Crippen LogP contribution in [0.2, 0.25) is 0 Å². The molecule has 102 valence electrons. The van der Waals surface area contributed by atoms with Gasteiger partial charge in [-0.25, -0.2) is 4.79 Å². The first kappa shape index (κ1) is 14.6. The molecule has 2 amide bonds. The molecule has 5 nitrogen and oxygen atoms in total. The van der Waals surface area contributed by atoms with E-state index in [0.29, 0.717) is 19.6 Å². The lowest BCUT2D eigenvalue weighted by molar-refractivity contribution is 0.177. The van der Waals surface area contributed by atoms with Crippen molar-refractivity contribution in [3.8, 4) is 0 Å². The van der Waals surface area contributed by atoms with Crippen LogP contribution in [0.5, 0.6) is 0 Å². The molecular formula is C13H22N2O3. The van der Waals surface area contributed by atoms with Crippen molar-refractivity contribution in [1.82, 2.24) is 10.2 Å². The number of furan rings is 1. The number of aliphatic hydroxyl groups is 1. The summed E-state index contributed by atoms with van der Waals surface area (Å²) in [6.45, 7) is 7.21. The normalized spacial score (nSPS) is 10.4. The lowest BCUT2D eigenvalue weighted by Gasteiger charge is -2.21. The molecule has 0 fully saturated rings. The van der Waals surface area contributed by atoms with Crippen molar-refractivity contribution in [3.05, 3.63) is 23.2 Å². The molecule has 1 rings (SSSR count). The molecule has 0 aromatic carbocycles. The second kappa shape index (κ2) is 7.06. The fourth-order valence-electron chi connectivity index (χ4n) is 1.85. The monoisotopic (exact) mass is 254 g/mol. The van der Waals surface area contributed by atoms with Crippen LogP contribution in [0, 0.1) is 13.8 Å². The summed E-state index contributed by atoms with van der Waals surface area (Å²) in [5.41, 5.74) is 0.987. The molecule has 5 heteroatoms. The van der Waals surface area contributed by atoms with Gasteiger partial charge in [0.25, 0.3) is 0 Å². The molecule has 0 atom stereocenters. The maximum Gasteiger partial charge on any atom is 0.317 e. The van der Waals surface area contributed by atoms with Crippen molar-refractivity contribution in [2.24, 2.45) is 0 Å². The molecule has 0 spiro atoms. The van der Waals surface area contributed by atoms with Crippen LogP contribution < -0.4 is 5.32 Å². The summed E-state index contributed by atoms with van der Waals surface area (Å²) in [6.07, 6.45) is 0.872. The number of rotatable bonds is 6.